The van der Waals surface area contributed by atoms with Crippen molar-refractivity contribution in [2.75, 3.05) is 6.54 Å². The Bertz CT molecular complexity index is 428. The van der Waals surface area contributed by atoms with Crippen molar-refractivity contribution >= 4 is 27.5 Å². The third-order valence-corrected chi connectivity index (χ3v) is 3.95. The number of hydrogen-bond donors (Lipinski definition) is 1. The van der Waals surface area contributed by atoms with Crippen molar-refractivity contribution in [1.29, 1.82) is 0 Å². The standard InChI is InChI=1S/C14H17BrClN/c1-2-17-14(10-5-3-4-6-10)12-8-7-11(15)9-13(12)16/h5,7-9,14,17H,2-4,6H2,1H3. The Hall–Kier alpha value is -0.310. The average molecular weight is 315 g/mol. The summed E-state index contributed by atoms with van der Waals surface area (Å²) >= 11 is 9.79. The van der Waals surface area contributed by atoms with E-state index < -0.39 is 0 Å². The summed E-state index contributed by atoms with van der Waals surface area (Å²) in [6.07, 6.45) is 6.01. The summed E-state index contributed by atoms with van der Waals surface area (Å²) in [6.45, 7) is 3.09. The van der Waals surface area contributed by atoms with Crippen molar-refractivity contribution in [2.45, 2.75) is 32.2 Å². The molecule has 0 saturated heterocycles. The molecule has 0 bridgehead atoms. The molecule has 2 rings (SSSR count). The Morgan fingerprint density at radius 2 is 2.29 bits per heavy atom. The third kappa shape index (κ3) is 3.12. The highest BCUT2D eigenvalue weighted by molar-refractivity contribution is 9.10. The van der Waals surface area contributed by atoms with Crippen molar-refractivity contribution in [3.05, 3.63) is 44.9 Å². The van der Waals surface area contributed by atoms with Gasteiger partial charge in [-0.3, -0.25) is 0 Å². The van der Waals surface area contributed by atoms with Crippen molar-refractivity contribution in [3.63, 3.8) is 0 Å². The number of rotatable bonds is 4. The van der Waals surface area contributed by atoms with E-state index in [0.29, 0.717) is 0 Å². The average Bonchev–Trinajstić information content (AvgIpc) is 2.80. The summed E-state index contributed by atoms with van der Waals surface area (Å²) in [7, 11) is 0. The lowest BCUT2D eigenvalue weighted by Gasteiger charge is -2.21. The molecule has 92 valence electrons. The molecule has 1 unspecified atom stereocenters. The SMILES string of the molecule is CCNC(C1=CCCC1)c1ccc(Br)cc1Cl. The topological polar surface area (TPSA) is 12.0 Å². The van der Waals surface area contributed by atoms with Crippen molar-refractivity contribution in [1.82, 2.24) is 5.32 Å². The largest absolute Gasteiger partial charge is 0.307 e. The summed E-state index contributed by atoms with van der Waals surface area (Å²) in [4.78, 5) is 0. The van der Waals surface area contributed by atoms with Gasteiger partial charge in [-0.1, -0.05) is 52.2 Å². The highest BCUT2D eigenvalue weighted by Crippen LogP contribution is 2.35. The molecule has 0 spiro atoms. The van der Waals surface area contributed by atoms with E-state index in [0.717, 1.165) is 16.0 Å². The van der Waals surface area contributed by atoms with Crippen LogP contribution in [0.4, 0.5) is 0 Å². The van der Waals surface area contributed by atoms with E-state index in [9.17, 15) is 0 Å². The first-order valence-electron chi connectivity index (χ1n) is 6.09. The van der Waals surface area contributed by atoms with Crippen molar-refractivity contribution in [3.8, 4) is 0 Å². The lowest BCUT2D eigenvalue weighted by atomic mass is 9.98. The van der Waals surface area contributed by atoms with Crippen molar-refractivity contribution in [2.24, 2.45) is 0 Å². The fourth-order valence-corrected chi connectivity index (χ4v) is 3.12. The number of nitrogens with one attached hydrogen (secondary N) is 1. The molecular weight excluding hydrogens is 298 g/mol. The van der Waals surface area contributed by atoms with Gasteiger partial charge in [0.25, 0.3) is 0 Å². The molecule has 1 aromatic rings. The first kappa shape index (κ1) is 13.1. The lowest BCUT2D eigenvalue weighted by Crippen LogP contribution is -2.22. The van der Waals surface area contributed by atoms with Crippen LogP contribution >= 0.6 is 27.5 Å². The van der Waals surface area contributed by atoms with Crippen molar-refractivity contribution < 1.29 is 0 Å². The Morgan fingerprint density at radius 3 is 2.88 bits per heavy atom. The first-order valence-corrected chi connectivity index (χ1v) is 7.26. The van der Waals surface area contributed by atoms with Crippen LogP contribution in [-0.4, -0.2) is 6.54 Å². The van der Waals surface area contributed by atoms with E-state index in [1.807, 2.05) is 6.07 Å². The number of hydrogen-bond acceptors (Lipinski definition) is 1. The molecule has 1 N–H and O–H groups in total. The molecule has 1 aliphatic rings. The van der Waals surface area contributed by atoms with Gasteiger partial charge < -0.3 is 5.32 Å². The zero-order valence-corrected chi connectivity index (χ0v) is 12.3. The maximum absolute atomic E-state index is 6.34. The van der Waals surface area contributed by atoms with Gasteiger partial charge in [0, 0.05) is 9.50 Å². The van der Waals surface area contributed by atoms with Crippen LogP contribution in [-0.2, 0) is 0 Å². The Kier molecular flexibility index (Phi) is 4.66. The van der Waals surface area contributed by atoms with Crippen LogP contribution in [0.5, 0.6) is 0 Å². The summed E-state index contributed by atoms with van der Waals surface area (Å²) in [5.41, 5.74) is 2.67. The van der Waals surface area contributed by atoms with Gasteiger partial charge in [0.2, 0.25) is 0 Å². The molecule has 3 heteroatoms. The fraction of sp³-hybridized carbons (Fsp3) is 0.429. The minimum atomic E-state index is 0.281. The molecule has 1 nitrogen and oxygen atoms in total. The summed E-state index contributed by atoms with van der Waals surface area (Å²) in [5, 5.41) is 4.36. The molecule has 0 radical (unpaired) electrons. The van der Waals surface area contributed by atoms with Crippen LogP contribution in [0, 0.1) is 0 Å². The second-order valence-corrected chi connectivity index (χ2v) is 5.65. The molecule has 17 heavy (non-hydrogen) atoms. The molecule has 0 amide bonds. The Morgan fingerprint density at radius 1 is 1.47 bits per heavy atom. The maximum atomic E-state index is 6.34. The van der Waals surface area contributed by atoms with Gasteiger partial charge in [-0.05, 0) is 43.5 Å². The predicted molar refractivity (Wildman–Crippen MR) is 77.5 cm³/mol. The molecule has 0 fully saturated rings. The number of halogens is 2. The van der Waals surface area contributed by atoms with Crippen LogP contribution in [0.2, 0.25) is 5.02 Å². The van der Waals surface area contributed by atoms with Gasteiger partial charge in [0.05, 0.1) is 6.04 Å². The van der Waals surface area contributed by atoms with Gasteiger partial charge in [-0.2, -0.15) is 0 Å². The molecular formula is C14H17BrClN. The van der Waals surface area contributed by atoms with Crippen LogP contribution in [0.3, 0.4) is 0 Å². The smallest absolute Gasteiger partial charge is 0.0550 e. The molecule has 0 aromatic heterocycles. The van der Waals surface area contributed by atoms with E-state index in [-0.39, 0.29) is 6.04 Å². The quantitative estimate of drug-likeness (QED) is 0.782. The number of benzene rings is 1. The minimum absolute atomic E-state index is 0.281. The zero-order chi connectivity index (χ0) is 12.3. The van der Waals surface area contributed by atoms with Gasteiger partial charge >= 0.3 is 0 Å². The number of allylic oxidation sites excluding steroid dienone is 1. The highest BCUT2D eigenvalue weighted by atomic mass is 79.9. The maximum Gasteiger partial charge on any atom is 0.0550 e. The van der Waals surface area contributed by atoms with E-state index in [2.05, 4.69) is 46.4 Å². The van der Waals surface area contributed by atoms with Gasteiger partial charge in [0.15, 0.2) is 0 Å². The van der Waals surface area contributed by atoms with E-state index >= 15 is 0 Å². The fourth-order valence-electron chi connectivity index (χ4n) is 2.34. The normalized spacial score (nSPS) is 17.0. The molecule has 1 aliphatic carbocycles. The van der Waals surface area contributed by atoms with Crippen LogP contribution in [0.25, 0.3) is 0 Å². The summed E-state index contributed by atoms with van der Waals surface area (Å²) in [5.74, 6) is 0. The van der Waals surface area contributed by atoms with Crippen LogP contribution in [0.15, 0.2) is 34.3 Å². The highest BCUT2D eigenvalue weighted by Gasteiger charge is 2.20. The molecule has 0 aliphatic heterocycles. The Labute approximate surface area is 116 Å². The zero-order valence-electron chi connectivity index (χ0n) is 9.97. The van der Waals surface area contributed by atoms with Gasteiger partial charge in [-0.25, -0.2) is 0 Å². The van der Waals surface area contributed by atoms with E-state index in [1.165, 1.54) is 30.4 Å². The monoisotopic (exact) mass is 313 g/mol. The van der Waals surface area contributed by atoms with E-state index in [1.54, 1.807) is 0 Å². The lowest BCUT2D eigenvalue weighted by molar-refractivity contribution is 0.605. The van der Waals surface area contributed by atoms with Crippen LogP contribution in [0.1, 0.15) is 37.8 Å². The second kappa shape index (κ2) is 6.03. The van der Waals surface area contributed by atoms with Gasteiger partial charge in [-0.15, -0.1) is 0 Å². The van der Waals surface area contributed by atoms with E-state index in [4.69, 9.17) is 11.6 Å². The predicted octanol–water partition coefficient (Wildman–Crippen LogP) is 4.86. The molecule has 0 saturated carbocycles. The molecule has 1 aromatic carbocycles. The Balaban J connectivity index is 2.31. The second-order valence-electron chi connectivity index (χ2n) is 4.33. The summed E-state index contributed by atoms with van der Waals surface area (Å²) in [6, 6.07) is 6.42. The third-order valence-electron chi connectivity index (χ3n) is 3.13. The van der Waals surface area contributed by atoms with Gasteiger partial charge in [0.1, 0.15) is 0 Å². The summed E-state index contributed by atoms with van der Waals surface area (Å²) < 4.78 is 1.03. The van der Waals surface area contributed by atoms with Crippen LogP contribution < -0.4 is 5.32 Å². The first-order chi connectivity index (χ1) is 8.22. The molecule has 1 atom stereocenters. The molecule has 0 heterocycles. The number of likely N-dealkylation sites (N-methyl/N-ethyl adjacent to an activating group) is 1. The minimum Gasteiger partial charge on any atom is -0.307 e.